The zero-order valence-corrected chi connectivity index (χ0v) is 15.9. The first kappa shape index (κ1) is 20.9. The van der Waals surface area contributed by atoms with Gasteiger partial charge in [0.1, 0.15) is 11.3 Å². The van der Waals surface area contributed by atoms with Crippen molar-refractivity contribution in [2.24, 2.45) is 0 Å². The van der Waals surface area contributed by atoms with E-state index in [4.69, 9.17) is 16.3 Å². The standard InChI is InChI=1S/C17H25ClN2O3.ClH/c1-4-11-9-13(18)16(23-3)14(15(11)21)17(22)19-10-12-7-6-8-20(12)5-2;/h9,12,21H,4-8,10H2,1-3H3,(H,19,22);1H/p-1/t12-;/m0./s1. The van der Waals surface area contributed by atoms with Gasteiger partial charge in [0.15, 0.2) is 5.75 Å². The lowest BCUT2D eigenvalue weighted by molar-refractivity contribution is -0.0000149. The summed E-state index contributed by atoms with van der Waals surface area (Å²) in [5.74, 6) is -0.179. The maximum atomic E-state index is 12.6. The molecule has 1 amide bonds. The molecule has 136 valence electrons. The first-order valence-corrected chi connectivity index (χ1v) is 8.51. The van der Waals surface area contributed by atoms with Crippen molar-refractivity contribution >= 4 is 17.5 Å². The number of nitrogens with zero attached hydrogens (tertiary/aromatic N) is 1. The normalized spacial score (nSPS) is 17.4. The van der Waals surface area contributed by atoms with Gasteiger partial charge in [-0.25, -0.2) is 0 Å². The Labute approximate surface area is 154 Å². The Balaban J connectivity index is 0.00000288. The van der Waals surface area contributed by atoms with Gasteiger partial charge in [-0.2, -0.15) is 0 Å². The van der Waals surface area contributed by atoms with E-state index in [2.05, 4.69) is 17.1 Å². The van der Waals surface area contributed by atoms with E-state index in [1.165, 1.54) is 7.11 Å². The third kappa shape index (κ3) is 4.26. The Morgan fingerprint density at radius 2 is 2.21 bits per heavy atom. The number of benzene rings is 1. The fourth-order valence-electron chi connectivity index (χ4n) is 3.20. The second-order valence-corrected chi connectivity index (χ2v) is 6.17. The predicted octanol–water partition coefficient (Wildman–Crippen LogP) is -0.165. The van der Waals surface area contributed by atoms with Gasteiger partial charge in [0.25, 0.3) is 5.91 Å². The number of hydrogen-bond donors (Lipinski definition) is 2. The molecular formula is C17H25Cl2N2O3-. The molecule has 1 fully saturated rings. The third-order valence-electron chi connectivity index (χ3n) is 4.50. The lowest BCUT2D eigenvalue weighted by Gasteiger charge is -2.23. The van der Waals surface area contributed by atoms with Gasteiger partial charge in [-0.05, 0) is 44.0 Å². The van der Waals surface area contributed by atoms with Crippen molar-refractivity contribution in [3.8, 4) is 11.5 Å². The number of halogens is 2. The minimum absolute atomic E-state index is 0. The fourth-order valence-corrected chi connectivity index (χ4v) is 3.50. The monoisotopic (exact) mass is 375 g/mol. The van der Waals surface area contributed by atoms with Gasteiger partial charge < -0.3 is 27.6 Å². The largest absolute Gasteiger partial charge is 1.00 e. The van der Waals surface area contributed by atoms with Crippen LogP contribution in [0.2, 0.25) is 5.02 Å². The highest BCUT2D eigenvalue weighted by atomic mass is 35.5. The quantitative estimate of drug-likeness (QED) is 0.724. The highest BCUT2D eigenvalue weighted by molar-refractivity contribution is 6.33. The number of carbonyl (C=O) groups is 1. The van der Waals surface area contributed by atoms with Crippen molar-refractivity contribution in [2.45, 2.75) is 39.2 Å². The Morgan fingerprint density at radius 1 is 1.50 bits per heavy atom. The number of aryl methyl sites for hydroxylation is 1. The summed E-state index contributed by atoms with van der Waals surface area (Å²) in [5.41, 5.74) is 0.759. The van der Waals surface area contributed by atoms with Crippen molar-refractivity contribution in [2.75, 3.05) is 26.7 Å². The van der Waals surface area contributed by atoms with Crippen LogP contribution in [0.25, 0.3) is 0 Å². The molecule has 0 radical (unpaired) electrons. The molecule has 7 heteroatoms. The van der Waals surface area contributed by atoms with Crippen LogP contribution in [0, 0.1) is 0 Å². The molecule has 0 spiro atoms. The third-order valence-corrected chi connectivity index (χ3v) is 4.78. The van der Waals surface area contributed by atoms with Crippen LogP contribution in [0.4, 0.5) is 0 Å². The van der Waals surface area contributed by atoms with Crippen LogP contribution in [0.5, 0.6) is 11.5 Å². The van der Waals surface area contributed by atoms with Crippen LogP contribution in [0.1, 0.15) is 42.6 Å². The second-order valence-electron chi connectivity index (χ2n) is 5.76. The summed E-state index contributed by atoms with van der Waals surface area (Å²) in [6.07, 6.45) is 2.81. The molecule has 1 aromatic carbocycles. The van der Waals surface area contributed by atoms with Gasteiger partial charge in [0.05, 0.1) is 12.1 Å². The zero-order chi connectivity index (χ0) is 17.0. The van der Waals surface area contributed by atoms with E-state index < -0.39 is 0 Å². The molecule has 0 bridgehead atoms. The smallest absolute Gasteiger partial charge is 0.258 e. The molecule has 0 unspecified atom stereocenters. The molecule has 2 rings (SSSR count). The number of methoxy groups -OCH3 is 1. The van der Waals surface area contributed by atoms with Crippen LogP contribution in [-0.4, -0.2) is 48.7 Å². The number of nitrogens with one attached hydrogen (secondary N) is 1. The van der Waals surface area contributed by atoms with E-state index in [0.29, 0.717) is 29.6 Å². The van der Waals surface area contributed by atoms with Crippen molar-refractivity contribution in [3.63, 3.8) is 0 Å². The second kappa shape index (κ2) is 9.35. The number of carbonyl (C=O) groups excluding carboxylic acids is 1. The maximum absolute atomic E-state index is 12.6. The summed E-state index contributed by atoms with van der Waals surface area (Å²) in [4.78, 5) is 14.9. The molecular weight excluding hydrogens is 351 g/mol. The number of aromatic hydroxyl groups is 1. The lowest BCUT2D eigenvalue weighted by atomic mass is 10.0. The van der Waals surface area contributed by atoms with E-state index in [0.717, 1.165) is 25.9 Å². The van der Waals surface area contributed by atoms with Crippen LogP contribution in [0.15, 0.2) is 6.07 Å². The van der Waals surface area contributed by atoms with Gasteiger partial charge in [0, 0.05) is 12.6 Å². The first-order valence-electron chi connectivity index (χ1n) is 8.13. The summed E-state index contributed by atoms with van der Waals surface area (Å²) in [6, 6.07) is 1.99. The molecule has 0 aromatic heterocycles. The van der Waals surface area contributed by atoms with Crippen molar-refractivity contribution in [1.82, 2.24) is 10.2 Å². The summed E-state index contributed by atoms with van der Waals surface area (Å²) >= 11 is 6.18. The Kier molecular flexibility index (Phi) is 8.13. The zero-order valence-electron chi connectivity index (χ0n) is 14.4. The molecule has 1 heterocycles. The minimum Gasteiger partial charge on any atom is -1.00 e. The Morgan fingerprint density at radius 3 is 2.79 bits per heavy atom. The number of phenolic OH excluding ortho intramolecular Hbond substituents is 1. The Bertz CT molecular complexity index is 581. The fraction of sp³-hybridized carbons (Fsp3) is 0.588. The summed E-state index contributed by atoms with van der Waals surface area (Å²) in [7, 11) is 1.44. The molecule has 0 aliphatic carbocycles. The van der Waals surface area contributed by atoms with E-state index in [1.807, 2.05) is 6.92 Å². The van der Waals surface area contributed by atoms with Gasteiger partial charge in [0.2, 0.25) is 0 Å². The first-order chi connectivity index (χ1) is 11.0. The molecule has 24 heavy (non-hydrogen) atoms. The van der Waals surface area contributed by atoms with Crippen molar-refractivity contribution < 1.29 is 27.0 Å². The SMILES string of the molecule is CCc1cc(Cl)c(OC)c(C(=O)NC[C@@H]2CCCN2CC)c1O.[Cl-]. The maximum Gasteiger partial charge on any atom is 0.258 e. The van der Waals surface area contributed by atoms with Crippen molar-refractivity contribution in [1.29, 1.82) is 0 Å². The van der Waals surface area contributed by atoms with Crippen LogP contribution in [0.3, 0.4) is 0 Å². The van der Waals surface area contributed by atoms with Crippen LogP contribution < -0.4 is 22.5 Å². The highest BCUT2D eigenvalue weighted by Gasteiger charge is 2.26. The van der Waals surface area contributed by atoms with E-state index in [-0.39, 0.29) is 35.4 Å². The number of likely N-dealkylation sites (tertiary alicyclic amines) is 1. The van der Waals surface area contributed by atoms with E-state index in [1.54, 1.807) is 6.07 Å². The number of ether oxygens (including phenoxy) is 1. The highest BCUT2D eigenvalue weighted by Crippen LogP contribution is 2.38. The number of hydrogen-bond acceptors (Lipinski definition) is 4. The Hall–Kier alpha value is -1.17. The topological polar surface area (TPSA) is 61.8 Å². The van der Waals surface area contributed by atoms with E-state index >= 15 is 0 Å². The number of phenols is 1. The molecule has 1 atom stereocenters. The molecule has 5 nitrogen and oxygen atoms in total. The van der Waals surface area contributed by atoms with Gasteiger partial charge >= 0.3 is 0 Å². The number of rotatable bonds is 6. The predicted molar refractivity (Wildman–Crippen MR) is 91.6 cm³/mol. The summed E-state index contributed by atoms with van der Waals surface area (Å²) < 4.78 is 5.23. The molecule has 0 saturated carbocycles. The van der Waals surface area contributed by atoms with Crippen molar-refractivity contribution in [3.05, 3.63) is 22.2 Å². The van der Waals surface area contributed by atoms with Gasteiger partial charge in [-0.1, -0.05) is 25.4 Å². The number of amides is 1. The molecule has 1 aliphatic heterocycles. The summed E-state index contributed by atoms with van der Waals surface area (Å²) in [5, 5.41) is 13.6. The summed E-state index contributed by atoms with van der Waals surface area (Å²) in [6.45, 7) is 6.63. The average molecular weight is 376 g/mol. The molecule has 1 aliphatic rings. The van der Waals surface area contributed by atoms with Crippen LogP contribution in [-0.2, 0) is 6.42 Å². The average Bonchev–Trinajstić information content (AvgIpc) is 3.01. The van der Waals surface area contributed by atoms with Gasteiger partial charge in [-0.3, -0.25) is 9.69 Å². The molecule has 1 aromatic rings. The van der Waals surface area contributed by atoms with Gasteiger partial charge in [-0.15, -0.1) is 0 Å². The lowest BCUT2D eigenvalue weighted by Crippen LogP contribution is -3.00. The molecule has 2 N–H and O–H groups in total. The minimum atomic E-state index is -0.348. The van der Waals surface area contributed by atoms with E-state index in [9.17, 15) is 9.90 Å². The number of likely N-dealkylation sites (N-methyl/N-ethyl adjacent to an activating group) is 1. The molecule has 1 saturated heterocycles. The van der Waals surface area contributed by atoms with Crippen LogP contribution >= 0.6 is 11.6 Å².